The Bertz CT molecular complexity index is 3450. The van der Waals surface area contributed by atoms with Gasteiger partial charge in [-0.3, -0.25) is 0 Å². The first-order valence-electron chi connectivity index (χ1n) is 19.2. The normalized spacial score (nSPS) is 14.5. The number of aliphatic imine (C=N–C) groups is 2. The van der Waals surface area contributed by atoms with E-state index in [9.17, 15) is 0 Å². The summed E-state index contributed by atoms with van der Waals surface area (Å²) in [5.41, 5.74) is 10.8. The van der Waals surface area contributed by atoms with Gasteiger partial charge in [-0.25, -0.2) is 9.98 Å². The summed E-state index contributed by atoms with van der Waals surface area (Å²) < 4.78 is 11.0. The molecule has 0 saturated heterocycles. The highest BCUT2D eigenvalue weighted by atomic mass is 32.1. The monoisotopic (exact) mass is 748 g/mol. The number of nitrogens with zero attached hydrogens (tertiary/aromatic N) is 3. The number of amidine groups is 2. The topological polar surface area (TPSA) is 54.8 Å². The molecule has 0 bridgehead atoms. The van der Waals surface area contributed by atoms with Gasteiger partial charge in [0.15, 0.2) is 5.84 Å². The van der Waals surface area contributed by atoms with E-state index in [1.54, 1.807) is 0 Å². The van der Waals surface area contributed by atoms with Crippen molar-refractivity contribution in [1.29, 1.82) is 0 Å². The van der Waals surface area contributed by atoms with Gasteiger partial charge >= 0.3 is 0 Å². The first-order chi connectivity index (χ1) is 28.2. The molecular formula is C51H32N4OS. The number of furan rings is 1. The fraction of sp³-hybridized carbons (Fsp3) is 0.0196. The predicted molar refractivity (Wildman–Crippen MR) is 238 cm³/mol. The maximum Gasteiger partial charge on any atom is 0.159 e. The molecule has 8 aromatic carbocycles. The molecule has 1 unspecified atom stereocenters. The quantitative estimate of drug-likeness (QED) is 0.191. The molecule has 0 radical (unpaired) electrons. The minimum Gasteiger partial charge on any atom is -0.456 e. The molecule has 11 aromatic rings. The second-order valence-electron chi connectivity index (χ2n) is 14.6. The van der Waals surface area contributed by atoms with Crippen molar-refractivity contribution >= 4 is 86.9 Å². The van der Waals surface area contributed by atoms with Crippen LogP contribution in [0.3, 0.4) is 0 Å². The van der Waals surface area contributed by atoms with Crippen molar-refractivity contribution in [3.63, 3.8) is 0 Å². The molecular weight excluding hydrogens is 717 g/mol. The fourth-order valence-electron chi connectivity index (χ4n) is 8.60. The van der Waals surface area contributed by atoms with E-state index in [0.717, 1.165) is 50.2 Å². The molecule has 6 heteroatoms. The number of fused-ring (bicyclic) bond motifs is 9. The molecule has 57 heavy (non-hydrogen) atoms. The largest absolute Gasteiger partial charge is 0.456 e. The van der Waals surface area contributed by atoms with Gasteiger partial charge in [-0.1, -0.05) is 109 Å². The van der Waals surface area contributed by atoms with E-state index in [1.165, 1.54) is 53.1 Å². The second-order valence-corrected chi connectivity index (χ2v) is 15.7. The molecule has 1 N–H and O–H groups in total. The first-order valence-corrected chi connectivity index (χ1v) is 20.0. The Kier molecular flexibility index (Phi) is 7.09. The van der Waals surface area contributed by atoms with Crippen LogP contribution < -0.4 is 5.32 Å². The van der Waals surface area contributed by atoms with E-state index < -0.39 is 0 Å². The SMILES string of the molecule is c1ccc(C2N=C(c3ccc4oc5ccccc5c4c3)N=C(c3ccc4sc5cc(-c6cccc7c6c6ccccc6n7-c6ccccc6)ccc5c4c3)N2)cc1. The molecule has 1 aliphatic heterocycles. The lowest BCUT2D eigenvalue weighted by molar-refractivity contribution is 0.668. The minimum absolute atomic E-state index is 0.293. The van der Waals surface area contributed by atoms with Crippen LogP contribution in [-0.2, 0) is 0 Å². The molecule has 12 rings (SSSR count). The molecule has 0 spiro atoms. The van der Waals surface area contributed by atoms with Crippen molar-refractivity contribution in [1.82, 2.24) is 9.88 Å². The van der Waals surface area contributed by atoms with Crippen LogP contribution in [0.15, 0.2) is 196 Å². The number of para-hydroxylation sites is 3. The summed E-state index contributed by atoms with van der Waals surface area (Å²) in [5, 5.41) is 10.8. The smallest absolute Gasteiger partial charge is 0.159 e. The summed E-state index contributed by atoms with van der Waals surface area (Å²) in [7, 11) is 0. The lowest BCUT2D eigenvalue weighted by Gasteiger charge is -2.23. The number of nitrogens with one attached hydrogen (secondary N) is 1. The van der Waals surface area contributed by atoms with Crippen LogP contribution in [0.2, 0.25) is 0 Å². The Hall–Kier alpha value is -7.28. The van der Waals surface area contributed by atoms with Crippen LogP contribution in [-0.4, -0.2) is 16.2 Å². The van der Waals surface area contributed by atoms with Gasteiger partial charge in [0.25, 0.3) is 0 Å². The molecule has 4 heterocycles. The van der Waals surface area contributed by atoms with Crippen LogP contribution in [0.4, 0.5) is 0 Å². The number of hydrogen-bond acceptors (Lipinski definition) is 5. The van der Waals surface area contributed by atoms with Gasteiger partial charge < -0.3 is 14.3 Å². The highest BCUT2D eigenvalue weighted by Gasteiger charge is 2.23. The van der Waals surface area contributed by atoms with Crippen molar-refractivity contribution in [2.24, 2.45) is 9.98 Å². The minimum atomic E-state index is -0.293. The Morgan fingerprint density at radius 1 is 0.509 bits per heavy atom. The van der Waals surface area contributed by atoms with Gasteiger partial charge in [-0.2, -0.15) is 0 Å². The zero-order chi connectivity index (χ0) is 37.5. The third kappa shape index (κ3) is 5.15. The van der Waals surface area contributed by atoms with E-state index in [1.807, 2.05) is 41.7 Å². The molecule has 0 saturated carbocycles. The third-order valence-electron chi connectivity index (χ3n) is 11.3. The van der Waals surface area contributed by atoms with E-state index in [0.29, 0.717) is 5.84 Å². The van der Waals surface area contributed by atoms with E-state index >= 15 is 0 Å². The Labute approximate surface area is 331 Å². The van der Waals surface area contributed by atoms with Gasteiger partial charge in [0.2, 0.25) is 0 Å². The Balaban J connectivity index is 0.969. The average Bonchev–Trinajstić information content (AvgIpc) is 3.95. The molecule has 0 amide bonds. The zero-order valence-corrected chi connectivity index (χ0v) is 31.4. The Morgan fingerprint density at radius 3 is 2.12 bits per heavy atom. The number of benzene rings is 8. The second kappa shape index (κ2) is 12.6. The lowest BCUT2D eigenvalue weighted by atomic mass is 9.98. The van der Waals surface area contributed by atoms with Crippen molar-refractivity contribution in [3.8, 4) is 16.8 Å². The average molecular weight is 749 g/mol. The standard InChI is InChI=1S/C51H32N4OS/c1-3-12-31(13-4-1)49-52-50(33-23-26-45-40(28-33)37-16-8-10-21-44(37)56-45)54-51(53-49)34-24-27-46-41(29-34)38-25-22-32(30-47(38)57-46)36-18-11-20-43-48(36)39-17-7-9-19-42(39)55(43)35-14-5-2-6-15-35/h1-30,49H,(H,52,53,54). The zero-order valence-electron chi connectivity index (χ0n) is 30.6. The van der Waals surface area contributed by atoms with Gasteiger partial charge in [-0.15, -0.1) is 11.3 Å². The molecule has 1 aliphatic rings. The first kappa shape index (κ1) is 32.0. The van der Waals surface area contributed by atoms with Crippen molar-refractivity contribution < 1.29 is 4.42 Å². The number of thiophene rings is 1. The van der Waals surface area contributed by atoms with E-state index in [-0.39, 0.29) is 6.17 Å². The lowest BCUT2D eigenvalue weighted by Crippen LogP contribution is -2.33. The third-order valence-corrected chi connectivity index (χ3v) is 12.4. The van der Waals surface area contributed by atoms with Crippen LogP contribution in [0, 0.1) is 0 Å². The number of aromatic nitrogens is 1. The maximum atomic E-state index is 6.14. The van der Waals surface area contributed by atoms with E-state index in [2.05, 4.69) is 162 Å². The fourth-order valence-corrected chi connectivity index (χ4v) is 9.73. The number of hydrogen-bond donors (Lipinski definition) is 1. The van der Waals surface area contributed by atoms with Crippen LogP contribution in [0.1, 0.15) is 22.9 Å². The molecule has 5 nitrogen and oxygen atoms in total. The molecule has 3 aromatic heterocycles. The summed E-state index contributed by atoms with van der Waals surface area (Å²) >= 11 is 1.84. The highest BCUT2D eigenvalue weighted by Crippen LogP contribution is 2.42. The van der Waals surface area contributed by atoms with Crippen molar-refractivity contribution in [2.45, 2.75) is 6.17 Å². The molecule has 1 atom stereocenters. The predicted octanol–water partition coefficient (Wildman–Crippen LogP) is 13.2. The maximum absolute atomic E-state index is 6.14. The summed E-state index contributed by atoms with van der Waals surface area (Å²) in [6, 6.07) is 64.5. The summed E-state index contributed by atoms with van der Waals surface area (Å²) in [4.78, 5) is 10.4. The van der Waals surface area contributed by atoms with Crippen LogP contribution >= 0.6 is 11.3 Å². The molecule has 0 fully saturated rings. The number of rotatable bonds is 5. The van der Waals surface area contributed by atoms with E-state index in [4.69, 9.17) is 14.4 Å². The Morgan fingerprint density at radius 2 is 1.23 bits per heavy atom. The van der Waals surface area contributed by atoms with Gasteiger partial charge in [0.1, 0.15) is 23.2 Å². The van der Waals surface area contributed by atoms with Crippen molar-refractivity contribution in [2.75, 3.05) is 0 Å². The van der Waals surface area contributed by atoms with Gasteiger partial charge in [-0.05, 0) is 89.5 Å². The summed E-state index contributed by atoms with van der Waals surface area (Å²) in [6.07, 6.45) is -0.293. The van der Waals surface area contributed by atoms with Gasteiger partial charge in [0, 0.05) is 58.5 Å². The highest BCUT2D eigenvalue weighted by molar-refractivity contribution is 7.25. The summed E-state index contributed by atoms with van der Waals surface area (Å²) in [5.74, 6) is 1.48. The van der Waals surface area contributed by atoms with Gasteiger partial charge in [0.05, 0.1) is 11.0 Å². The molecule has 268 valence electrons. The molecule has 0 aliphatic carbocycles. The van der Waals surface area contributed by atoms with Crippen molar-refractivity contribution in [3.05, 3.63) is 199 Å². The summed E-state index contributed by atoms with van der Waals surface area (Å²) in [6.45, 7) is 0. The van der Waals surface area contributed by atoms with Crippen LogP contribution in [0.25, 0.3) is 80.7 Å². The van der Waals surface area contributed by atoms with Crippen LogP contribution in [0.5, 0.6) is 0 Å².